The first-order chi connectivity index (χ1) is 11.2. The van der Waals surface area contributed by atoms with Crippen LogP contribution in [0.25, 0.3) is 0 Å². The molecule has 1 heterocycles. The number of aliphatic hydroxyl groups excluding tert-OH is 1. The predicted octanol–water partition coefficient (Wildman–Crippen LogP) is 2.85. The summed E-state index contributed by atoms with van der Waals surface area (Å²) in [6, 6.07) is 7.83. The molecule has 0 saturated carbocycles. The lowest BCUT2D eigenvalue weighted by Gasteiger charge is -2.20. The van der Waals surface area contributed by atoms with E-state index in [2.05, 4.69) is 36.1 Å². The summed E-state index contributed by atoms with van der Waals surface area (Å²) in [5.41, 5.74) is 3.11. The highest BCUT2D eigenvalue weighted by Gasteiger charge is 2.16. The van der Waals surface area contributed by atoms with Crippen molar-refractivity contribution in [1.82, 2.24) is 15.3 Å². The van der Waals surface area contributed by atoms with E-state index in [9.17, 15) is 9.90 Å². The molecule has 0 aliphatic heterocycles. The predicted molar refractivity (Wildman–Crippen MR) is 93.9 cm³/mol. The molecule has 0 bridgehead atoms. The van der Waals surface area contributed by atoms with Crippen molar-refractivity contribution in [2.75, 3.05) is 6.54 Å². The number of hydrogen-bond acceptors (Lipinski definition) is 4. The molecule has 5 nitrogen and oxygen atoms in total. The largest absolute Gasteiger partial charge is 0.387 e. The molecule has 5 heteroatoms. The number of aliphatic hydroxyl groups is 1. The Bertz CT molecular complexity index is 718. The molecule has 1 aromatic heterocycles. The van der Waals surface area contributed by atoms with Crippen LogP contribution in [-0.4, -0.2) is 27.5 Å². The third-order valence-electron chi connectivity index (χ3n) is 3.96. The molecule has 0 saturated heterocycles. The van der Waals surface area contributed by atoms with Crippen molar-refractivity contribution in [2.24, 2.45) is 0 Å². The van der Waals surface area contributed by atoms with Gasteiger partial charge in [-0.05, 0) is 30.4 Å². The summed E-state index contributed by atoms with van der Waals surface area (Å²) in [6.07, 6.45) is 0.756. The van der Waals surface area contributed by atoms with Crippen LogP contribution in [0.15, 0.2) is 30.5 Å². The van der Waals surface area contributed by atoms with Gasteiger partial charge < -0.3 is 10.4 Å². The maximum absolute atomic E-state index is 12.2. The van der Waals surface area contributed by atoms with Gasteiger partial charge in [0.15, 0.2) is 0 Å². The zero-order chi connectivity index (χ0) is 17.9. The molecular weight excluding hydrogens is 302 g/mol. The van der Waals surface area contributed by atoms with E-state index in [0.717, 1.165) is 5.56 Å². The summed E-state index contributed by atoms with van der Waals surface area (Å²) in [4.78, 5) is 20.4. The van der Waals surface area contributed by atoms with Crippen molar-refractivity contribution < 1.29 is 9.90 Å². The van der Waals surface area contributed by atoms with E-state index in [-0.39, 0.29) is 17.9 Å². The highest BCUT2D eigenvalue weighted by atomic mass is 16.3. The first-order valence-corrected chi connectivity index (χ1v) is 8.05. The summed E-state index contributed by atoms with van der Waals surface area (Å²) >= 11 is 0. The monoisotopic (exact) mass is 327 g/mol. The van der Waals surface area contributed by atoms with Crippen molar-refractivity contribution in [3.05, 3.63) is 58.7 Å². The zero-order valence-corrected chi connectivity index (χ0v) is 14.9. The average molecular weight is 327 g/mol. The van der Waals surface area contributed by atoms with Gasteiger partial charge in [-0.2, -0.15) is 0 Å². The normalized spacial score (nSPS) is 12.8. The second-order valence-electron chi connectivity index (χ2n) is 7.01. The van der Waals surface area contributed by atoms with Crippen LogP contribution in [0.5, 0.6) is 0 Å². The fourth-order valence-corrected chi connectivity index (χ4v) is 2.41. The number of rotatable bonds is 4. The van der Waals surface area contributed by atoms with Crippen LogP contribution >= 0.6 is 0 Å². The highest BCUT2D eigenvalue weighted by Crippen LogP contribution is 2.23. The van der Waals surface area contributed by atoms with Crippen LogP contribution < -0.4 is 5.32 Å². The molecule has 1 unspecified atom stereocenters. The number of benzene rings is 1. The third kappa shape index (κ3) is 4.38. The van der Waals surface area contributed by atoms with Gasteiger partial charge in [0.2, 0.25) is 0 Å². The van der Waals surface area contributed by atoms with E-state index in [0.29, 0.717) is 17.1 Å². The van der Waals surface area contributed by atoms with Gasteiger partial charge in [-0.25, -0.2) is 9.97 Å². The minimum absolute atomic E-state index is 0.0701. The van der Waals surface area contributed by atoms with E-state index in [1.807, 2.05) is 24.3 Å². The maximum atomic E-state index is 12.2. The van der Waals surface area contributed by atoms with E-state index in [4.69, 9.17) is 0 Å². The lowest BCUT2D eigenvalue weighted by atomic mass is 9.86. The molecule has 0 aliphatic carbocycles. The lowest BCUT2D eigenvalue weighted by Crippen LogP contribution is -2.29. The number of aromatic nitrogens is 2. The first kappa shape index (κ1) is 18.1. The first-order valence-electron chi connectivity index (χ1n) is 8.05. The quantitative estimate of drug-likeness (QED) is 0.905. The van der Waals surface area contributed by atoms with Crippen LogP contribution in [0.2, 0.25) is 0 Å². The molecule has 0 aliphatic rings. The fourth-order valence-electron chi connectivity index (χ4n) is 2.41. The molecule has 2 N–H and O–H groups in total. The minimum Gasteiger partial charge on any atom is -0.387 e. The van der Waals surface area contributed by atoms with Gasteiger partial charge in [0, 0.05) is 12.7 Å². The second kappa shape index (κ2) is 7.09. The Morgan fingerprint density at radius 3 is 2.38 bits per heavy atom. The van der Waals surface area contributed by atoms with Crippen molar-refractivity contribution >= 4 is 5.91 Å². The van der Waals surface area contributed by atoms with Crippen LogP contribution in [0.3, 0.4) is 0 Å². The van der Waals surface area contributed by atoms with Crippen LogP contribution in [0.1, 0.15) is 59.9 Å². The Kier molecular flexibility index (Phi) is 5.34. The summed E-state index contributed by atoms with van der Waals surface area (Å²) < 4.78 is 0. The molecule has 1 atom stereocenters. The van der Waals surface area contributed by atoms with E-state index in [1.54, 1.807) is 13.8 Å². The topological polar surface area (TPSA) is 75.1 Å². The third-order valence-corrected chi connectivity index (χ3v) is 3.96. The Hall–Kier alpha value is -2.27. The second-order valence-corrected chi connectivity index (χ2v) is 7.01. The molecule has 2 rings (SSSR count). The SMILES string of the molecule is Cc1ncc(C(=O)NCC(O)c2ccc(C(C)(C)C)cc2)c(C)n1. The number of carbonyl (C=O) groups excluding carboxylic acids is 1. The van der Waals surface area contributed by atoms with Crippen molar-refractivity contribution in [1.29, 1.82) is 0 Å². The van der Waals surface area contributed by atoms with Gasteiger partial charge >= 0.3 is 0 Å². The van der Waals surface area contributed by atoms with Crippen molar-refractivity contribution in [2.45, 2.75) is 46.1 Å². The standard InChI is InChI=1S/C19H25N3O2/c1-12-16(10-20-13(2)22-12)18(24)21-11-17(23)14-6-8-15(9-7-14)19(3,4)5/h6-10,17,23H,11H2,1-5H3,(H,21,24). The van der Waals surface area contributed by atoms with E-state index in [1.165, 1.54) is 11.8 Å². The van der Waals surface area contributed by atoms with Crippen LogP contribution in [-0.2, 0) is 5.41 Å². The molecule has 0 spiro atoms. The molecule has 0 radical (unpaired) electrons. The van der Waals surface area contributed by atoms with E-state index >= 15 is 0 Å². The number of nitrogens with one attached hydrogen (secondary N) is 1. The van der Waals surface area contributed by atoms with Gasteiger partial charge in [0.1, 0.15) is 5.82 Å². The maximum Gasteiger partial charge on any atom is 0.254 e. The summed E-state index contributed by atoms with van der Waals surface area (Å²) in [6.45, 7) is 10.1. The van der Waals surface area contributed by atoms with Gasteiger partial charge in [-0.15, -0.1) is 0 Å². The molecule has 24 heavy (non-hydrogen) atoms. The number of aryl methyl sites for hydroxylation is 2. The molecule has 128 valence electrons. The zero-order valence-electron chi connectivity index (χ0n) is 14.9. The summed E-state index contributed by atoms with van der Waals surface area (Å²) in [5, 5.41) is 13.0. The van der Waals surface area contributed by atoms with E-state index < -0.39 is 6.10 Å². The van der Waals surface area contributed by atoms with Gasteiger partial charge in [-0.1, -0.05) is 45.0 Å². The Morgan fingerprint density at radius 1 is 1.21 bits per heavy atom. The van der Waals surface area contributed by atoms with Gasteiger partial charge in [0.25, 0.3) is 5.91 Å². The fraction of sp³-hybridized carbons (Fsp3) is 0.421. The van der Waals surface area contributed by atoms with Gasteiger partial charge in [-0.3, -0.25) is 4.79 Å². The molecular formula is C19H25N3O2. The average Bonchev–Trinajstić information content (AvgIpc) is 2.51. The Labute approximate surface area is 143 Å². The summed E-state index contributed by atoms with van der Waals surface area (Å²) in [7, 11) is 0. The van der Waals surface area contributed by atoms with Crippen molar-refractivity contribution in [3.63, 3.8) is 0 Å². The Morgan fingerprint density at radius 2 is 1.83 bits per heavy atom. The number of hydrogen-bond donors (Lipinski definition) is 2. The number of nitrogens with zero attached hydrogens (tertiary/aromatic N) is 2. The van der Waals surface area contributed by atoms with Crippen molar-refractivity contribution in [3.8, 4) is 0 Å². The minimum atomic E-state index is -0.755. The van der Waals surface area contributed by atoms with Gasteiger partial charge in [0.05, 0.1) is 17.4 Å². The molecule has 1 amide bonds. The lowest BCUT2D eigenvalue weighted by molar-refractivity contribution is 0.0915. The smallest absolute Gasteiger partial charge is 0.254 e. The summed E-state index contributed by atoms with van der Waals surface area (Å²) in [5.74, 6) is 0.348. The molecule has 2 aromatic rings. The Balaban J connectivity index is 1.99. The van der Waals surface area contributed by atoms with Crippen LogP contribution in [0, 0.1) is 13.8 Å². The highest BCUT2D eigenvalue weighted by molar-refractivity contribution is 5.94. The number of amides is 1. The molecule has 0 fully saturated rings. The van der Waals surface area contributed by atoms with Crippen LogP contribution in [0.4, 0.5) is 0 Å². The number of carbonyl (C=O) groups is 1. The molecule has 1 aromatic carbocycles.